The maximum atomic E-state index is 13.0. The summed E-state index contributed by atoms with van der Waals surface area (Å²) in [5, 5.41) is 3.44. The lowest BCUT2D eigenvalue weighted by Crippen LogP contribution is -2.62. The van der Waals surface area contributed by atoms with Crippen LogP contribution in [0.5, 0.6) is 0 Å². The lowest BCUT2D eigenvalue weighted by atomic mass is 9.88. The molecule has 0 bridgehead atoms. The molecule has 0 spiro atoms. The number of para-hydroxylation sites is 1. The summed E-state index contributed by atoms with van der Waals surface area (Å²) in [4.78, 5) is 54.0. The summed E-state index contributed by atoms with van der Waals surface area (Å²) in [5.41, 5.74) is -1.77. The molecule has 32 heavy (non-hydrogen) atoms. The molecule has 0 fully saturated rings. The van der Waals surface area contributed by atoms with E-state index in [0.29, 0.717) is 21.5 Å². The standard InChI is InChI=1S/C22H18BrClN2O6/c1-31-20(29)22(21(30)32-2,26-18(27)12-7-9-13(24)10-8-12)11-15-14-5-3-4-6-16(14)25-19(28)17(15)23/h3-10H,11H2,1-2H3,(H,25,28)(H,26,27). The number of H-pyrrole nitrogens is 1. The number of hydrogen-bond acceptors (Lipinski definition) is 6. The Balaban J connectivity index is 2.19. The molecule has 3 rings (SSSR count). The van der Waals surface area contributed by atoms with Crippen LogP contribution in [0, 0.1) is 0 Å². The number of esters is 2. The van der Waals surface area contributed by atoms with Crippen LogP contribution in [0.3, 0.4) is 0 Å². The van der Waals surface area contributed by atoms with Crippen LogP contribution < -0.4 is 10.9 Å². The number of fused-ring (bicyclic) bond motifs is 1. The molecule has 0 saturated carbocycles. The first-order valence-electron chi connectivity index (χ1n) is 9.28. The molecule has 2 aromatic carbocycles. The summed E-state index contributed by atoms with van der Waals surface area (Å²) in [5.74, 6) is -2.84. The van der Waals surface area contributed by atoms with E-state index in [1.54, 1.807) is 24.3 Å². The van der Waals surface area contributed by atoms with E-state index in [1.165, 1.54) is 24.3 Å². The second-order valence-electron chi connectivity index (χ2n) is 6.82. The number of rotatable bonds is 6. The first kappa shape index (κ1) is 23.5. The van der Waals surface area contributed by atoms with Crippen LogP contribution >= 0.6 is 27.5 Å². The topological polar surface area (TPSA) is 115 Å². The molecule has 0 radical (unpaired) electrons. The second-order valence-corrected chi connectivity index (χ2v) is 8.05. The van der Waals surface area contributed by atoms with Gasteiger partial charge in [0.15, 0.2) is 0 Å². The second kappa shape index (κ2) is 9.54. The van der Waals surface area contributed by atoms with E-state index in [-0.39, 0.29) is 10.0 Å². The van der Waals surface area contributed by atoms with Crippen molar-refractivity contribution in [2.24, 2.45) is 0 Å². The molecule has 2 N–H and O–H groups in total. The molecule has 8 nitrogen and oxygen atoms in total. The minimum absolute atomic E-state index is 0.106. The van der Waals surface area contributed by atoms with Gasteiger partial charge in [-0.2, -0.15) is 0 Å². The molecule has 0 saturated heterocycles. The molecule has 0 aliphatic carbocycles. The summed E-state index contributed by atoms with van der Waals surface area (Å²) in [6.45, 7) is 0. The quantitative estimate of drug-likeness (QED) is 0.381. The third-order valence-corrected chi connectivity index (χ3v) is 6.00. The van der Waals surface area contributed by atoms with Gasteiger partial charge in [0.25, 0.3) is 11.5 Å². The van der Waals surface area contributed by atoms with E-state index in [9.17, 15) is 19.2 Å². The minimum Gasteiger partial charge on any atom is -0.467 e. The molecule has 0 unspecified atom stereocenters. The average Bonchev–Trinajstić information content (AvgIpc) is 2.80. The lowest BCUT2D eigenvalue weighted by Gasteiger charge is -2.30. The van der Waals surface area contributed by atoms with Gasteiger partial charge >= 0.3 is 11.9 Å². The van der Waals surface area contributed by atoms with Gasteiger partial charge in [-0.15, -0.1) is 0 Å². The molecule has 0 aliphatic heterocycles. The Morgan fingerprint density at radius 2 is 1.62 bits per heavy atom. The highest BCUT2D eigenvalue weighted by Crippen LogP contribution is 2.28. The number of benzene rings is 2. The van der Waals surface area contributed by atoms with Crippen LogP contribution in [-0.2, 0) is 25.5 Å². The number of aromatic nitrogens is 1. The summed E-state index contributed by atoms with van der Waals surface area (Å²) >= 11 is 9.11. The van der Waals surface area contributed by atoms with Gasteiger partial charge in [0.1, 0.15) is 0 Å². The molecular weight excluding hydrogens is 504 g/mol. The number of halogens is 2. The molecule has 166 valence electrons. The van der Waals surface area contributed by atoms with Gasteiger partial charge in [0.2, 0.25) is 5.54 Å². The average molecular weight is 522 g/mol. The Kier molecular flexibility index (Phi) is 7.00. The van der Waals surface area contributed by atoms with Crippen molar-refractivity contribution in [2.75, 3.05) is 14.2 Å². The van der Waals surface area contributed by atoms with E-state index in [1.807, 2.05) is 0 Å². The van der Waals surface area contributed by atoms with Crippen molar-refractivity contribution < 1.29 is 23.9 Å². The highest BCUT2D eigenvalue weighted by molar-refractivity contribution is 9.10. The van der Waals surface area contributed by atoms with Gasteiger partial charge in [0, 0.05) is 27.9 Å². The Labute approximate surface area is 196 Å². The predicted octanol–water partition coefficient (Wildman–Crippen LogP) is 3.00. The lowest BCUT2D eigenvalue weighted by molar-refractivity contribution is -0.162. The van der Waals surface area contributed by atoms with Crippen molar-refractivity contribution in [1.82, 2.24) is 10.3 Å². The Bertz CT molecular complexity index is 1240. The highest BCUT2D eigenvalue weighted by atomic mass is 79.9. The maximum absolute atomic E-state index is 13.0. The molecule has 0 aliphatic rings. The zero-order chi connectivity index (χ0) is 23.5. The SMILES string of the molecule is COC(=O)C(Cc1c(Br)c(=O)[nH]c2ccccc12)(NC(=O)c1ccc(Cl)cc1)C(=O)OC. The van der Waals surface area contributed by atoms with Crippen LogP contribution in [0.2, 0.25) is 5.02 Å². The summed E-state index contributed by atoms with van der Waals surface area (Å²) in [7, 11) is 2.17. The highest BCUT2D eigenvalue weighted by Gasteiger charge is 2.51. The predicted molar refractivity (Wildman–Crippen MR) is 122 cm³/mol. The third kappa shape index (κ3) is 4.39. The van der Waals surface area contributed by atoms with Crippen molar-refractivity contribution in [3.63, 3.8) is 0 Å². The molecule has 3 aromatic rings. The van der Waals surface area contributed by atoms with Gasteiger partial charge in [0.05, 0.1) is 18.7 Å². The summed E-state index contributed by atoms with van der Waals surface area (Å²) < 4.78 is 9.85. The van der Waals surface area contributed by atoms with Crippen molar-refractivity contribution in [2.45, 2.75) is 12.0 Å². The fourth-order valence-corrected chi connectivity index (χ4v) is 3.89. The number of carbonyl (C=O) groups is 3. The van der Waals surface area contributed by atoms with Crippen LogP contribution in [0.15, 0.2) is 57.8 Å². The van der Waals surface area contributed by atoms with E-state index < -0.39 is 35.4 Å². The molecule has 1 heterocycles. The van der Waals surface area contributed by atoms with Crippen molar-refractivity contribution in [3.05, 3.63) is 79.5 Å². The van der Waals surface area contributed by atoms with Gasteiger partial charge in [-0.3, -0.25) is 9.59 Å². The first-order valence-corrected chi connectivity index (χ1v) is 10.4. The number of hydrogen-bond donors (Lipinski definition) is 2. The normalized spacial score (nSPS) is 11.1. The molecular formula is C22H18BrClN2O6. The third-order valence-electron chi connectivity index (χ3n) is 4.91. The summed E-state index contributed by atoms with van der Waals surface area (Å²) in [6.07, 6.45) is -0.406. The van der Waals surface area contributed by atoms with E-state index in [0.717, 1.165) is 14.2 Å². The van der Waals surface area contributed by atoms with Gasteiger partial charge in [-0.05, 0) is 51.8 Å². The smallest absolute Gasteiger partial charge is 0.343 e. The van der Waals surface area contributed by atoms with Crippen LogP contribution in [0.4, 0.5) is 0 Å². The van der Waals surface area contributed by atoms with Crippen LogP contribution in [-0.4, -0.2) is 42.6 Å². The van der Waals surface area contributed by atoms with Crippen LogP contribution in [0.25, 0.3) is 10.9 Å². The Morgan fingerprint density at radius 1 is 1.03 bits per heavy atom. The van der Waals surface area contributed by atoms with Crippen LogP contribution in [0.1, 0.15) is 15.9 Å². The molecule has 1 amide bonds. The van der Waals surface area contributed by atoms with E-state index in [2.05, 4.69) is 26.2 Å². The number of methoxy groups -OCH3 is 2. The van der Waals surface area contributed by atoms with Crippen molar-refractivity contribution >= 4 is 56.3 Å². The largest absolute Gasteiger partial charge is 0.467 e. The van der Waals surface area contributed by atoms with Gasteiger partial charge in [-0.25, -0.2) is 9.59 Å². The molecule has 1 aromatic heterocycles. The van der Waals surface area contributed by atoms with E-state index in [4.69, 9.17) is 21.1 Å². The van der Waals surface area contributed by atoms with Crippen molar-refractivity contribution in [3.8, 4) is 0 Å². The monoisotopic (exact) mass is 520 g/mol. The number of nitrogens with one attached hydrogen (secondary N) is 2. The Hall–Kier alpha value is -3.17. The zero-order valence-corrected chi connectivity index (χ0v) is 19.4. The Morgan fingerprint density at radius 3 is 2.22 bits per heavy atom. The molecule has 0 atom stereocenters. The summed E-state index contributed by atoms with van der Waals surface area (Å²) in [6, 6.07) is 12.7. The number of aromatic amines is 1. The van der Waals surface area contributed by atoms with Gasteiger partial charge in [-0.1, -0.05) is 29.8 Å². The first-order chi connectivity index (χ1) is 15.2. The van der Waals surface area contributed by atoms with Crippen molar-refractivity contribution in [1.29, 1.82) is 0 Å². The molecule has 10 heteroatoms. The number of carbonyl (C=O) groups excluding carboxylic acids is 3. The fraction of sp³-hybridized carbons (Fsp3) is 0.182. The number of amides is 1. The number of pyridine rings is 1. The van der Waals surface area contributed by atoms with E-state index >= 15 is 0 Å². The fourth-order valence-electron chi connectivity index (χ4n) is 3.32. The minimum atomic E-state index is -2.26. The number of ether oxygens (including phenoxy) is 2. The maximum Gasteiger partial charge on any atom is 0.343 e. The zero-order valence-electron chi connectivity index (χ0n) is 17.0. The van der Waals surface area contributed by atoms with Gasteiger partial charge < -0.3 is 19.8 Å².